The molecule has 2 aromatic heterocycles. The standard InChI is InChI=1S/C14H20N4O3S/c1-2-9-5-6-12(11(9)8-19)18-22(20,21)14-10-4-3-7-15-13(10)16-17-14/h3-4,7,9,11-12,18-19H,2,5-6,8H2,1H3,(H,15,16,17). The summed E-state index contributed by atoms with van der Waals surface area (Å²) in [4.78, 5) is 4.05. The van der Waals surface area contributed by atoms with Crippen molar-refractivity contribution in [3.05, 3.63) is 18.3 Å². The molecular weight excluding hydrogens is 304 g/mol. The third-order valence-corrected chi connectivity index (χ3v) is 6.00. The van der Waals surface area contributed by atoms with Crippen LogP contribution in [0, 0.1) is 11.8 Å². The van der Waals surface area contributed by atoms with Crippen molar-refractivity contribution >= 4 is 21.1 Å². The summed E-state index contributed by atoms with van der Waals surface area (Å²) >= 11 is 0. The summed E-state index contributed by atoms with van der Waals surface area (Å²) in [7, 11) is -3.75. The Kier molecular flexibility index (Phi) is 4.16. The van der Waals surface area contributed by atoms with E-state index in [0.29, 0.717) is 17.0 Å². The van der Waals surface area contributed by atoms with E-state index in [2.05, 4.69) is 26.8 Å². The molecule has 1 fully saturated rings. The predicted molar refractivity (Wildman–Crippen MR) is 81.6 cm³/mol. The lowest BCUT2D eigenvalue weighted by atomic mass is 9.93. The van der Waals surface area contributed by atoms with Crippen LogP contribution < -0.4 is 4.72 Å². The Morgan fingerprint density at radius 1 is 1.45 bits per heavy atom. The smallest absolute Gasteiger partial charge is 0.260 e. The van der Waals surface area contributed by atoms with Crippen LogP contribution in [0.25, 0.3) is 11.0 Å². The zero-order valence-corrected chi connectivity index (χ0v) is 13.2. The number of hydrogen-bond acceptors (Lipinski definition) is 5. The van der Waals surface area contributed by atoms with Gasteiger partial charge in [0.1, 0.15) is 0 Å². The zero-order valence-electron chi connectivity index (χ0n) is 12.4. The largest absolute Gasteiger partial charge is 0.396 e. The average Bonchev–Trinajstić information content (AvgIpc) is 3.10. The van der Waals surface area contributed by atoms with Crippen molar-refractivity contribution < 1.29 is 13.5 Å². The Labute approximate surface area is 129 Å². The lowest BCUT2D eigenvalue weighted by molar-refractivity contribution is 0.176. The molecule has 3 N–H and O–H groups in total. The maximum Gasteiger partial charge on any atom is 0.260 e. The molecule has 1 aliphatic carbocycles. The summed E-state index contributed by atoms with van der Waals surface area (Å²) in [5.41, 5.74) is 0.444. The van der Waals surface area contributed by atoms with E-state index in [1.807, 2.05) is 0 Å². The van der Waals surface area contributed by atoms with Crippen molar-refractivity contribution in [3.63, 3.8) is 0 Å². The lowest BCUT2D eigenvalue weighted by Crippen LogP contribution is -2.40. The van der Waals surface area contributed by atoms with Crippen LogP contribution in [0.5, 0.6) is 0 Å². The Bertz CT molecular complexity index is 758. The molecule has 0 saturated heterocycles. The maximum atomic E-state index is 12.6. The van der Waals surface area contributed by atoms with Gasteiger partial charge in [-0.2, -0.15) is 5.10 Å². The number of sulfonamides is 1. The first-order valence-electron chi connectivity index (χ1n) is 7.49. The molecule has 0 radical (unpaired) electrons. The third kappa shape index (κ3) is 2.62. The SMILES string of the molecule is CCC1CCC(NS(=O)(=O)c2n[nH]c3ncccc23)C1CO. The number of fused-ring (bicyclic) bond motifs is 1. The second-order valence-corrected chi connectivity index (χ2v) is 7.38. The Morgan fingerprint density at radius 3 is 3.00 bits per heavy atom. The number of H-pyrrole nitrogens is 1. The second-order valence-electron chi connectivity index (χ2n) is 5.75. The first-order chi connectivity index (χ1) is 10.6. The molecule has 1 saturated carbocycles. The lowest BCUT2D eigenvalue weighted by Gasteiger charge is -2.22. The van der Waals surface area contributed by atoms with Gasteiger partial charge in [-0.1, -0.05) is 13.3 Å². The van der Waals surface area contributed by atoms with Crippen LogP contribution in [0.4, 0.5) is 0 Å². The Morgan fingerprint density at radius 2 is 2.27 bits per heavy atom. The maximum absolute atomic E-state index is 12.6. The van der Waals surface area contributed by atoms with Gasteiger partial charge in [-0.3, -0.25) is 5.10 Å². The molecule has 8 heteroatoms. The number of aromatic amines is 1. The number of aliphatic hydroxyl groups is 1. The highest BCUT2D eigenvalue weighted by molar-refractivity contribution is 7.89. The summed E-state index contributed by atoms with van der Waals surface area (Å²) < 4.78 is 28.0. The van der Waals surface area contributed by atoms with Gasteiger partial charge in [0, 0.05) is 24.8 Å². The van der Waals surface area contributed by atoms with E-state index >= 15 is 0 Å². The minimum absolute atomic E-state index is 0.00539. The van der Waals surface area contributed by atoms with Crippen molar-refractivity contribution in [2.75, 3.05) is 6.61 Å². The number of rotatable bonds is 5. The minimum Gasteiger partial charge on any atom is -0.396 e. The first kappa shape index (κ1) is 15.4. The summed E-state index contributed by atoms with van der Waals surface area (Å²) in [5, 5.41) is 16.5. The topological polar surface area (TPSA) is 108 Å². The quantitative estimate of drug-likeness (QED) is 0.761. The van der Waals surface area contributed by atoms with Gasteiger partial charge < -0.3 is 5.11 Å². The molecule has 2 aromatic rings. The number of aromatic nitrogens is 3. The molecule has 2 heterocycles. The van der Waals surface area contributed by atoms with Gasteiger partial charge in [0.2, 0.25) is 5.03 Å². The number of nitrogens with zero attached hydrogens (tertiary/aromatic N) is 2. The van der Waals surface area contributed by atoms with Crippen molar-refractivity contribution in [3.8, 4) is 0 Å². The Balaban J connectivity index is 1.88. The molecule has 0 amide bonds. The monoisotopic (exact) mass is 324 g/mol. The molecule has 22 heavy (non-hydrogen) atoms. The van der Waals surface area contributed by atoms with Crippen molar-refractivity contribution in [1.29, 1.82) is 0 Å². The summed E-state index contributed by atoms with van der Waals surface area (Å²) in [6, 6.07) is 3.10. The fraction of sp³-hybridized carbons (Fsp3) is 0.571. The highest BCUT2D eigenvalue weighted by Gasteiger charge is 2.37. The van der Waals surface area contributed by atoms with Gasteiger partial charge in [0.15, 0.2) is 5.65 Å². The van der Waals surface area contributed by atoms with Crippen LogP contribution in [-0.4, -0.2) is 41.4 Å². The van der Waals surface area contributed by atoms with E-state index in [4.69, 9.17) is 0 Å². The van der Waals surface area contributed by atoms with Crippen molar-refractivity contribution in [1.82, 2.24) is 19.9 Å². The van der Waals surface area contributed by atoms with Crippen LogP contribution in [0.15, 0.2) is 23.4 Å². The second kappa shape index (κ2) is 5.94. The Hall–Kier alpha value is -1.51. The first-order valence-corrected chi connectivity index (χ1v) is 8.97. The average molecular weight is 324 g/mol. The van der Waals surface area contributed by atoms with Crippen LogP contribution in [-0.2, 0) is 10.0 Å². The number of aliphatic hydroxyl groups excluding tert-OH is 1. The van der Waals surface area contributed by atoms with Gasteiger partial charge in [0.05, 0.1) is 5.39 Å². The van der Waals surface area contributed by atoms with Gasteiger partial charge in [0.25, 0.3) is 10.0 Å². The fourth-order valence-corrected chi connectivity index (χ4v) is 4.79. The summed E-state index contributed by atoms with van der Waals surface area (Å²) in [6.07, 6.45) is 4.19. The van der Waals surface area contributed by atoms with Gasteiger partial charge in [-0.05, 0) is 30.9 Å². The number of nitrogens with one attached hydrogen (secondary N) is 2. The van der Waals surface area contributed by atoms with E-state index in [1.165, 1.54) is 0 Å². The van der Waals surface area contributed by atoms with E-state index < -0.39 is 10.0 Å². The van der Waals surface area contributed by atoms with Crippen molar-refractivity contribution in [2.24, 2.45) is 11.8 Å². The highest BCUT2D eigenvalue weighted by Crippen LogP contribution is 2.35. The van der Waals surface area contributed by atoms with Crippen LogP contribution in [0.2, 0.25) is 0 Å². The van der Waals surface area contributed by atoms with Gasteiger partial charge in [-0.25, -0.2) is 18.1 Å². The molecule has 0 aliphatic heterocycles. The molecule has 3 unspecified atom stereocenters. The van der Waals surface area contributed by atoms with Gasteiger partial charge >= 0.3 is 0 Å². The van der Waals surface area contributed by atoms with E-state index in [9.17, 15) is 13.5 Å². The third-order valence-electron chi connectivity index (χ3n) is 4.57. The molecule has 0 bridgehead atoms. The van der Waals surface area contributed by atoms with Crippen LogP contribution in [0.3, 0.4) is 0 Å². The molecule has 3 atom stereocenters. The molecule has 0 spiro atoms. The minimum atomic E-state index is -3.75. The zero-order chi connectivity index (χ0) is 15.7. The van der Waals surface area contributed by atoms with Crippen molar-refractivity contribution in [2.45, 2.75) is 37.3 Å². The molecule has 0 aromatic carbocycles. The molecule has 1 aliphatic rings. The fourth-order valence-electron chi connectivity index (χ4n) is 3.37. The highest BCUT2D eigenvalue weighted by atomic mass is 32.2. The van der Waals surface area contributed by atoms with E-state index in [0.717, 1.165) is 19.3 Å². The molecule has 120 valence electrons. The predicted octanol–water partition coefficient (Wildman–Crippen LogP) is 1.03. The van der Waals surface area contributed by atoms with E-state index in [1.54, 1.807) is 18.3 Å². The summed E-state index contributed by atoms with van der Waals surface area (Å²) in [6.45, 7) is 2.06. The van der Waals surface area contributed by atoms with Gasteiger partial charge in [-0.15, -0.1) is 0 Å². The molecule has 7 nitrogen and oxygen atoms in total. The normalized spacial score (nSPS) is 25.8. The number of hydrogen-bond donors (Lipinski definition) is 3. The summed E-state index contributed by atoms with van der Waals surface area (Å²) in [5.74, 6) is 0.318. The molecule has 3 rings (SSSR count). The van der Waals surface area contributed by atoms with Crippen LogP contribution >= 0.6 is 0 Å². The molecular formula is C14H20N4O3S. The number of pyridine rings is 1. The van der Waals surface area contributed by atoms with E-state index in [-0.39, 0.29) is 23.6 Å². The van der Waals surface area contributed by atoms with Crippen LogP contribution in [0.1, 0.15) is 26.2 Å².